The summed E-state index contributed by atoms with van der Waals surface area (Å²) in [5.41, 5.74) is 3.33. The van der Waals surface area contributed by atoms with E-state index in [1.807, 2.05) is 20.0 Å². The van der Waals surface area contributed by atoms with E-state index in [9.17, 15) is 5.11 Å². The summed E-state index contributed by atoms with van der Waals surface area (Å²) in [6.45, 7) is 2.21. The van der Waals surface area contributed by atoms with Gasteiger partial charge in [-0.1, -0.05) is 6.07 Å². The lowest BCUT2D eigenvalue weighted by Crippen LogP contribution is -2.29. The van der Waals surface area contributed by atoms with E-state index in [-0.39, 0.29) is 18.1 Å². The molecule has 1 fully saturated rings. The maximum atomic E-state index is 9.58. The number of hydrogen-bond donors (Lipinski definition) is 3. The Morgan fingerprint density at radius 2 is 2.28 bits per heavy atom. The number of H-pyrrole nitrogens is 1. The molecule has 0 bridgehead atoms. The van der Waals surface area contributed by atoms with E-state index in [4.69, 9.17) is 0 Å². The lowest BCUT2D eigenvalue weighted by Gasteiger charge is -2.25. The molecule has 0 saturated heterocycles. The number of aryl methyl sites for hydroxylation is 1. The van der Waals surface area contributed by atoms with Crippen LogP contribution in [0.25, 0.3) is 11.0 Å². The number of rotatable bonds is 4. The van der Waals surface area contributed by atoms with Crippen molar-refractivity contribution >= 4 is 11.0 Å². The number of aliphatic hydroxyl groups is 1. The summed E-state index contributed by atoms with van der Waals surface area (Å²) < 4.78 is 0. The van der Waals surface area contributed by atoms with Crippen molar-refractivity contribution in [3.05, 3.63) is 29.6 Å². The Hall–Kier alpha value is -1.39. The molecule has 96 valence electrons. The highest BCUT2D eigenvalue weighted by Gasteiger charge is 2.48. The van der Waals surface area contributed by atoms with Crippen LogP contribution < -0.4 is 5.32 Å². The molecule has 1 unspecified atom stereocenters. The summed E-state index contributed by atoms with van der Waals surface area (Å²) in [4.78, 5) is 7.68. The summed E-state index contributed by atoms with van der Waals surface area (Å²) in [6, 6.07) is 6.52. The smallest absolute Gasteiger partial charge is 0.104 e. The molecule has 0 radical (unpaired) electrons. The number of benzene rings is 1. The lowest BCUT2D eigenvalue weighted by molar-refractivity contribution is 0.175. The first kappa shape index (κ1) is 11.7. The van der Waals surface area contributed by atoms with Crippen molar-refractivity contribution < 1.29 is 5.11 Å². The monoisotopic (exact) mass is 245 g/mol. The molecule has 4 nitrogen and oxygen atoms in total. The van der Waals surface area contributed by atoms with Gasteiger partial charge in [0.15, 0.2) is 0 Å². The van der Waals surface area contributed by atoms with Gasteiger partial charge < -0.3 is 15.4 Å². The van der Waals surface area contributed by atoms with Gasteiger partial charge in [0.05, 0.1) is 17.6 Å². The molecule has 18 heavy (non-hydrogen) atoms. The van der Waals surface area contributed by atoms with Crippen LogP contribution in [-0.2, 0) is 0 Å². The third kappa shape index (κ3) is 1.72. The van der Waals surface area contributed by atoms with Gasteiger partial charge in [0, 0.05) is 11.5 Å². The quantitative estimate of drug-likeness (QED) is 0.771. The minimum Gasteiger partial charge on any atom is -0.396 e. The van der Waals surface area contributed by atoms with Crippen LogP contribution in [0.4, 0.5) is 0 Å². The van der Waals surface area contributed by atoms with Gasteiger partial charge in [-0.3, -0.25) is 0 Å². The Bertz CT molecular complexity index is 571. The van der Waals surface area contributed by atoms with Crippen molar-refractivity contribution in [3.63, 3.8) is 0 Å². The Kier molecular flexibility index (Phi) is 2.64. The van der Waals surface area contributed by atoms with Crippen LogP contribution in [-0.4, -0.2) is 28.7 Å². The SMILES string of the molecule is CNC(c1ccc2nc(C)[nH]c2c1)C1(CO)CC1. The normalized spacial score (nSPS) is 19.1. The second kappa shape index (κ2) is 4.07. The Labute approximate surface area is 106 Å². The van der Waals surface area contributed by atoms with Crippen LogP contribution in [0, 0.1) is 12.3 Å². The fourth-order valence-electron chi connectivity index (χ4n) is 2.86. The van der Waals surface area contributed by atoms with E-state index in [2.05, 4.69) is 27.4 Å². The molecule has 0 spiro atoms. The molecule has 1 aromatic carbocycles. The molecule has 0 aliphatic heterocycles. The zero-order valence-corrected chi connectivity index (χ0v) is 10.8. The van der Waals surface area contributed by atoms with E-state index in [1.165, 1.54) is 5.56 Å². The number of aromatic amines is 1. The van der Waals surface area contributed by atoms with Crippen LogP contribution in [0.5, 0.6) is 0 Å². The van der Waals surface area contributed by atoms with Gasteiger partial charge in [-0.25, -0.2) is 4.98 Å². The predicted octanol–water partition coefficient (Wildman–Crippen LogP) is 1.90. The van der Waals surface area contributed by atoms with Crippen molar-refractivity contribution in [2.45, 2.75) is 25.8 Å². The zero-order chi connectivity index (χ0) is 12.8. The molecule has 3 rings (SSSR count). The summed E-state index contributed by atoms with van der Waals surface area (Å²) in [5.74, 6) is 0.937. The third-order valence-corrected chi connectivity index (χ3v) is 4.07. The van der Waals surface area contributed by atoms with E-state index in [0.717, 1.165) is 29.7 Å². The van der Waals surface area contributed by atoms with Crippen LogP contribution in [0.3, 0.4) is 0 Å². The Morgan fingerprint density at radius 3 is 2.89 bits per heavy atom. The van der Waals surface area contributed by atoms with Crippen LogP contribution >= 0.6 is 0 Å². The molecule has 4 heteroatoms. The summed E-state index contributed by atoms with van der Waals surface area (Å²) in [6.07, 6.45) is 2.18. The minimum absolute atomic E-state index is 0.0392. The number of fused-ring (bicyclic) bond motifs is 1. The first-order valence-corrected chi connectivity index (χ1v) is 6.43. The van der Waals surface area contributed by atoms with Crippen molar-refractivity contribution in [3.8, 4) is 0 Å². The first-order chi connectivity index (χ1) is 8.68. The molecule has 1 heterocycles. The van der Waals surface area contributed by atoms with Crippen molar-refractivity contribution in [2.75, 3.05) is 13.7 Å². The van der Waals surface area contributed by atoms with Crippen molar-refractivity contribution in [1.29, 1.82) is 0 Å². The highest BCUT2D eigenvalue weighted by molar-refractivity contribution is 5.76. The number of nitrogens with one attached hydrogen (secondary N) is 2. The molecule has 1 saturated carbocycles. The molecule has 0 amide bonds. The van der Waals surface area contributed by atoms with Gasteiger partial charge in [-0.05, 0) is 44.5 Å². The summed E-state index contributed by atoms with van der Waals surface area (Å²) in [5, 5.41) is 12.9. The number of imidazole rings is 1. The van der Waals surface area contributed by atoms with Crippen LogP contribution in [0.1, 0.15) is 30.3 Å². The molecule has 3 N–H and O–H groups in total. The van der Waals surface area contributed by atoms with Crippen LogP contribution in [0.2, 0.25) is 0 Å². The molecule has 1 aliphatic carbocycles. The maximum absolute atomic E-state index is 9.58. The minimum atomic E-state index is 0.0392. The highest BCUT2D eigenvalue weighted by atomic mass is 16.3. The molecule has 1 aliphatic rings. The summed E-state index contributed by atoms with van der Waals surface area (Å²) in [7, 11) is 1.96. The fourth-order valence-corrected chi connectivity index (χ4v) is 2.86. The van der Waals surface area contributed by atoms with Crippen molar-refractivity contribution in [2.24, 2.45) is 5.41 Å². The number of hydrogen-bond acceptors (Lipinski definition) is 3. The highest BCUT2D eigenvalue weighted by Crippen LogP contribution is 2.54. The van der Waals surface area contributed by atoms with Crippen LogP contribution in [0.15, 0.2) is 18.2 Å². The van der Waals surface area contributed by atoms with Gasteiger partial charge in [-0.2, -0.15) is 0 Å². The molecule has 2 aromatic rings. The van der Waals surface area contributed by atoms with Gasteiger partial charge in [0.2, 0.25) is 0 Å². The van der Waals surface area contributed by atoms with E-state index in [0.29, 0.717) is 0 Å². The predicted molar refractivity (Wildman–Crippen MR) is 71.4 cm³/mol. The third-order valence-electron chi connectivity index (χ3n) is 4.07. The average molecular weight is 245 g/mol. The fraction of sp³-hybridized carbons (Fsp3) is 0.500. The Morgan fingerprint density at radius 1 is 1.50 bits per heavy atom. The Balaban J connectivity index is 2.01. The molecular weight excluding hydrogens is 226 g/mol. The average Bonchev–Trinajstić information content (AvgIpc) is 3.05. The van der Waals surface area contributed by atoms with Crippen molar-refractivity contribution in [1.82, 2.24) is 15.3 Å². The molecule has 1 aromatic heterocycles. The van der Waals surface area contributed by atoms with Gasteiger partial charge in [0.1, 0.15) is 5.82 Å². The van der Waals surface area contributed by atoms with E-state index < -0.39 is 0 Å². The number of nitrogens with zero attached hydrogens (tertiary/aromatic N) is 1. The standard InChI is InChI=1S/C14H19N3O/c1-9-16-11-4-3-10(7-12(11)17-9)13(15-2)14(8-18)5-6-14/h3-4,7,13,15,18H,5-6,8H2,1-2H3,(H,16,17). The lowest BCUT2D eigenvalue weighted by atomic mass is 9.90. The second-order valence-electron chi connectivity index (χ2n) is 5.34. The van der Waals surface area contributed by atoms with E-state index in [1.54, 1.807) is 0 Å². The van der Waals surface area contributed by atoms with Gasteiger partial charge in [0.25, 0.3) is 0 Å². The zero-order valence-electron chi connectivity index (χ0n) is 10.8. The first-order valence-electron chi connectivity index (χ1n) is 6.43. The van der Waals surface area contributed by atoms with Gasteiger partial charge >= 0.3 is 0 Å². The number of aliphatic hydroxyl groups excluding tert-OH is 1. The largest absolute Gasteiger partial charge is 0.396 e. The second-order valence-corrected chi connectivity index (χ2v) is 5.34. The van der Waals surface area contributed by atoms with E-state index >= 15 is 0 Å². The number of aromatic nitrogens is 2. The molecular formula is C14H19N3O. The molecule has 1 atom stereocenters. The topological polar surface area (TPSA) is 60.9 Å². The summed E-state index contributed by atoms with van der Waals surface area (Å²) >= 11 is 0. The maximum Gasteiger partial charge on any atom is 0.104 e. The van der Waals surface area contributed by atoms with Gasteiger partial charge in [-0.15, -0.1) is 0 Å².